The average Bonchev–Trinajstić information content (AvgIpc) is 3.48. The van der Waals surface area contributed by atoms with E-state index in [1.165, 1.54) is 0 Å². The fourth-order valence-corrected chi connectivity index (χ4v) is 6.72. The number of rotatable bonds is 8. The van der Waals surface area contributed by atoms with Crippen LogP contribution < -0.4 is 0 Å². The summed E-state index contributed by atoms with van der Waals surface area (Å²) in [6.45, 7) is 2.00. The number of halogens is 2. The molecule has 3 aliphatic carbocycles. The van der Waals surface area contributed by atoms with E-state index < -0.39 is 11.6 Å². The number of aryl methyl sites for hydroxylation is 1. The lowest BCUT2D eigenvalue weighted by atomic mass is 9.73. The van der Waals surface area contributed by atoms with Gasteiger partial charge in [0.05, 0.1) is 34.9 Å². The molecule has 196 valence electrons. The smallest absolute Gasteiger partial charge is 0.309 e. The summed E-state index contributed by atoms with van der Waals surface area (Å²) in [5.74, 6) is 0.688. The summed E-state index contributed by atoms with van der Waals surface area (Å²) >= 11 is 13.0. The molecule has 6 rings (SSSR count). The van der Waals surface area contributed by atoms with Gasteiger partial charge in [0.2, 0.25) is 5.89 Å². The van der Waals surface area contributed by atoms with Crippen molar-refractivity contribution in [3.63, 3.8) is 0 Å². The van der Waals surface area contributed by atoms with Crippen molar-refractivity contribution < 1.29 is 28.7 Å². The topological polar surface area (TPSA) is 119 Å². The molecule has 4 atom stereocenters. The van der Waals surface area contributed by atoms with Crippen LogP contribution in [0.4, 0.5) is 0 Å². The fourth-order valence-electron chi connectivity index (χ4n) is 6.14. The number of nitrogens with zero attached hydrogens (tertiary/aromatic N) is 2. The van der Waals surface area contributed by atoms with Gasteiger partial charge in [0.15, 0.2) is 0 Å². The summed E-state index contributed by atoms with van der Waals surface area (Å²) in [6.07, 6.45) is 4.77. The first kappa shape index (κ1) is 24.9. The minimum atomic E-state index is -1.21. The van der Waals surface area contributed by atoms with Gasteiger partial charge in [0.1, 0.15) is 22.8 Å². The maximum atomic E-state index is 11.7. The van der Waals surface area contributed by atoms with Gasteiger partial charge in [-0.15, -0.1) is 0 Å². The molecule has 3 aromatic rings. The van der Waals surface area contributed by atoms with Crippen LogP contribution in [0.15, 0.2) is 27.1 Å². The Labute approximate surface area is 223 Å². The molecule has 2 bridgehead atoms. The zero-order chi connectivity index (χ0) is 25.9. The molecular formula is C27H28Cl2N2O6. The van der Waals surface area contributed by atoms with E-state index in [1.807, 2.05) is 0 Å². The number of benzene rings is 1. The predicted molar refractivity (Wildman–Crippen MR) is 134 cm³/mol. The Bertz CT molecular complexity index is 1310. The Balaban J connectivity index is 1.21. The van der Waals surface area contributed by atoms with Crippen LogP contribution in [0.2, 0.25) is 10.0 Å². The summed E-state index contributed by atoms with van der Waals surface area (Å²) < 4.78 is 18.0. The fraction of sp³-hybridized carbons (Fsp3) is 0.519. The Morgan fingerprint density at radius 2 is 1.84 bits per heavy atom. The van der Waals surface area contributed by atoms with Crippen LogP contribution in [0.5, 0.6) is 0 Å². The van der Waals surface area contributed by atoms with Crippen LogP contribution >= 0.6 is 23.2 Å². The van der Waals surface area contributed by atoms with Gasteiger partial charge in [0.25, 0.3) is 0 Å². The number of aliphatic hydroxyl groups is 1. The molecule has 37 heavy (non-hydrogen) atoms. The second-order valence-electron chi connectivity index (χ2n) is 10.5. The Morgan fingerprint density at radius 1 is 1.16 bits per heavy atom. The van der Waals surface area contributed by atoms with E-state index in [0.29, 0.717) is 58.1 Å². The third-order valence-corrected chi connectivity index (χ3v) is 8.82. The molecule has 2 heterocycles. The number of aliphatic carboxylic acids is 1. The number of fused-ring (bicyclic) bond motifs is 2. The summed E-state index contributed by atoms with van der Waals surface area (Å²) in [5, 5.41) is 26.3. The molecule has 2 aromatic heterocycles. The molecule has 10 heteroatoms. The first-order valence-corrected chi connectivity index (χ1v) is 13.5. The first-order chi connectivity index (χ1) is 17.8. The molecule has 0 amide bonds. The molecule has 8 nitrogen and oxygen atoms in total. The molecule has 3 aliphatic rings. The van der Waals surface area contributed by atoms with Crippen molar-refractivity contribution in [3.05, 3.63) is 56.9 Å². The zero-order valence-corrected chi connectivity index (χ0v) is 21.9. The van der Waals surface area contributed by atoms with E-state index in [4.69, 9.17) is 42.0 Å². The van der Waals surface area contributed by atoms with Gasteiger partial charge >= 0.3 is 5.97 Å². The molecule has 2 unspecified atom stereocenters. The molecule has 0 saturated heterocycles. The third-order valence-electron chi connectivity index (χ3n) is 8.19. The SMILES string of the molecule is Cc1oc(C2(O)[C@@H]3CC[C@H]2CC(OCc2c(-c4c(Cl)cccc4Cl)noc2C2CC2)C3)nc1CC(=O)O. The second-order valence-corrected chi connectivity index (χ2v) is 11.4. The van der Waals surface area contributed by atoms with E-state index in [-0.39, 0.29) is 30.3 Å². The van der Waals surface area contributed by atoms with E-state index in [9.17, 15) is 9.90 Å². The van der Waals surface area contributed by atoms with Crippen LogP contribution in [0, 0.1) is 18.8 Å². The highest BCUT2D eigenvalue weighted by Crippen LogP contribution is 2.56. The first-order valence-electron chi connectivity index (χ1n) is 12.7. The van der Waals surface area contributed by atoms with Crippen molar-refractivity contribution in [2.24, 2.45) is 11.8 Å². The van der Waals surface area contributed by atoms with Gasteiger partial charge < -0.3 is 23.9 Å². The van der Waals surface area contributed by atoms with Crippen molar-refractivity contribution in [2.75, 3.05) is 0 Å². The number of aromatic nitrogens is 2. The molecular weight excluding hydrogens is 519 g/mol. The summed E-state index contributed by atoms with van der Waals surface area (Å²) in [6, 6.07) is 5.36. The number of oxazole rings is 1. The Kier molecular flexibility index (Phi) is 6.34. The van der Waals surface area contributed by atoms with Crippen molar-refractivity contribution in [1.82, 2.24) is 10.1 Å². The van der Waals surface area contributed by atoms with E-state index in [1.54, 1.807) is 25.1 Å². The summed E-state index contributed by atoms with van der Waals surface area (Å²) in [5.41, 5.74) is 1.30. The summed E-state index contributed by atoms with van der Waals surface area (Å²) in [4.78, 5) is 15.6. The lowest BCUT2D eigenvalue weighted by molar-refractivity contribution is -0.136. The highest BCUT2D eigenvalue weighted by molar-refractivity contribution is 6.39. The number of carbonyl (C=O) groups is 1. The van der Waals surface area contributed by atoms with Crippen LogP contribution in [0.25, 0.3) is 11.3 Å². The highest BCUT2D eigenvalue weighted by atomic mass is 35.5. The van der Waals surface area contributed by atoms with Crippen LogP contribution in [-0.2, 0) is 28.2 Å². The average molecular weight is 547 g/mol. The second kappa shape index (κ2) is 9.42. The number of carboxylic acids is 1. The molecule has 3 saturated carbocycles. The molecule has 3 fully saturated rings. The summed E-state index contributed by atoms with van der Waals surface area (Å²) in [7, 11) is 0. The van der Waals surface area contributed by atoms with Crippen molar-refractivity contribution in [1.29, 1.82) is 0 Å². The molecule has 0 spiro atoms. The van der Waals surface area contributed by atoms with Gasteiger partial charge in [-0.1, -0.05) is 34.4 Å². The minimum Gasteiger partial charge on any atom is -0.481 e. The van der Waals surface area contributed by atoms with E-state index in [0.717, 1.165) is 37.0 Å². The highest BCUT2D eigenvalue weighted by Gasteiger charge is 2.57. The van der Waals surface area contributed by atoms with Crippen LogP contribution in [-0.4, -0.2) is 32.4 Å². The normalized spacial score (nSPS) is 27.1. The van der Waals surface area contributed by atoms with E-state index in [2.05, 4.69) is 10.1 Å². The van der Waals surface area contributed by atoms with Crippen molar-refractivity contribution in [3.8, 4) is 11.3 Å². The van der Waals surface area contributed by atoms with Gasteiger partial charge in [-0.25, -0.2) is 4.98 Å². The standard InChI is InChI=1S/C27H28Cl2N2O6/c1-13-21(11-22(32)33)30-26(36-13)27(34)15-7-8-16(27)10-17(9-15)35-12-18-24(31-37-25(18)14-5-6-14)23-19(28)3-2-4-20(23)29/h2-4,14-17,34H,5-12H2,1H3,(H,32,33)/t15-,16+,17?,27?. The third kappa shape index (κ3) is 4.38. The number of hydrogen-bond acceptors (Lipinski definition) is 7. The van der Waals surface area contributed by atoms with E-state index >= 15 is 0 Å². The quantitative estimate of drug-likeness (QED) is 0.350. The van der Waals surface area contributed by atoms with Gasteiger partial charge in [-0.05, 0) is 69.4 Å². The Morgan fingerprint density at radius 3 is 2.46 bits per heavy atom. The maximum Gasteiger partial charge on any atom is 0.309 e. The largest absolute Gasteiger partial charge is 0.481 e. The lowest BCUT2D eigenvalue weighted by Crippen LogP contribution is -2.44. The number of carboxylic acid groups (broad SMARTS) is 1. The van der Waals surface area contributed by atoms with Crippen LogP contribution in [0.1, 0.15) is 73.1 Å². The molecule has 2 N–H and O–H groups in total. The van der Waals surface area contributed by atoms with Gasteiger partial charge in [-0.2, -0.15) is 0 Å². The predicted octanol–water partition coefficient (Wildman–Crippen LogP) is 6.04. The van der Waals surface area contributed by atoms with Crippen LogP contribution in [0.3, 0.4) is 0 Å². The Hall–Kier alpha value is -2.39. The maximum absolute atomic E-state index is 11.7. The van der Waals surface area contributed by atoms with Crippen molar-refractivity contribution >= 4 is 29.2 Å². The lowest BCUT2D eigenvalue weighted by Gasteiger charge is -2.40. The number of ether oxygens (including phenoxy) is 1. The van der Waals surface area contributed by atoms with Gasteiger partial charge in [-0.3, -0.25) is 4.79 Å². The monoisotopic (exact) mass is 546 g/mol. The molecule has 1 aromatic carbocycles. The zero-order valence-electron chi connectivity index (χ0n) is 20.4. The molecule has 0 radical (unpaired) electrons. The molecule has 0 aliphatic heterocycles. The van der Waals surface area contributed by atoms with Crippen molar-refractivity contribution in [2.45, 2.75) is 76.1 Å². The van der Waals surface area contributed by atoms with Gasteiger partial charge in [0, 0.05) is 17.0 Å². The minimum absolute atomic E-state index is 0.0659. The number of hydrogen-bond donors (Lipinski definition) is 2.